The molecule has 4 aliphatic rings. The summed E-state index contributed by atoms with van der Waals surface area (Å²) in [6.45, 7) is 5.95. The summed E-state index contributed by atoms with van der Waals surface area (Å²) in [5.41, 5.74) is 1.20. The van der Waals surface area contributed by atoms with Crippen molar-refractivity contribution in [3.8, 4) is 0 Å². The summed E-state index contributed by atoms with van der Waals surface area (Å²) in [6.07, 6.45) is 9.28. The van der Waals surface area contributed by atoms with Gasteiger partial charge >= 0.3 is 6.03 Å². The van der Waals surface area contributed by atoms with Crippen LogP contribution in [0.2, 0.25) is 5.02 Å². The van der Waals surface area contributed by atoms with Gasteiger partial charge in [-0.3, -0.25) is 14.8 Å². The van der Waals surface area contributed by atoms with Crippen molar-refractivity contribution in [2.45, 2.75) is 18.6 Å². The highest BCUT2D eigenvalue weighted by atomic mass is 35.5. The lowest BCUT2D eigenvalue weighted by Crippen LogP contribution is -2.47. The first-order valence-electron chi connectivity index (χ1n) is 9.68. The fourth-order valence-corrected chi connectivity index (χ4v) is 4.57. The Morgan fingerprint density at radius 3 is 2.74 bits per heavy atom. The number of allylic oxidation sites excluding steroid dienone is 2. The largest absolute Gasteiger partial charge is 0.369 e. The Morgan fingerprint density at radius 1 is 1.07 bits per heavy atom. The van der Waals surface area contributed by atoms with Gasteiger partial charge in [0.25, 0.3) is 0 Å². The zero-order valence-electron chi connectivity index (χ0n) is 15.2. The van der Waals surface area contributed by atoms with Crippen molar-refractivity contribution in [3.05, 3.63) is 53.7 Å². The first-order chi connectivity index (χ1) is 13.2. The number of nitrogens with zero attached hydrogens (tertiary/aromatic N) is 5. The highest BCUT2D eigenvalue weighted by molar-refractivity contribution is 6.30. The van der Waals surface area contributed by atoms with E-state index in [1.165, 1.54) is 5.69 Å². The first kappa shape index (κ1) is 17.1. The zero-order valence-corrected chi connectivity index (χ0v) is 16.0. The van der Waals surface area contributed by atoms with E-state index in [1.807, 2.05) is 46.5 Å². The van der Waals surface area contributed by atoms with Gasteiger partial charge in [0.2, 0.25) is 0 Å². The molecule has 0 spiro atoms. The van der Waals surface area contributed by atoms with Gasteiger partial charge in [0, 0.05) is 56.2 Å². The van der Waals surface area contributed by atoms with Crippen LogP contribution in [0.1, 0.15) is 6.42 Å². The SMILES string of the molecule is O=C1N2C=CC=CC3C2N3N1CCCN1CCN(c2cccc(Cl)c2)CC1. The standard InChI is InChI=1S/C20H24ClN5O/c21-16-5-3-6-17(15-16)23-13-11-22(12-14-23)8-4-10-25-20(27)24-9-2-1-7-18-19(24)26(18)25/h1-3,5-7,9,15,18-19H,4,8,10-14H2. The van der Waals surface area contributed by atoms with Gasteiger partial charge in [-0.05, 0) is 30.7 Å². The molecule has 2 amide bonds. The zero-order chi connectivity index (χ0) is 18.4. The molecule has 3 unspecified atom stereocenters. The average Bonchev–Trinajstić information content (AvgIpc) is 3.34. The number of anilines is 1. The van der Waals surface area contributed by atoms with E-state index in [0.29, 0.717) is 6.04 Å². The van der Waals surface area contributed by atoms with Crippen molar-refractivity contribution in [3.63, 3.8) is 0 Å². The second-order valence-electron chi connectivity index (χ2n) is 7.49. The number of amides is 2. The molecule has 4 aliphatic heterocycles. The van der Waals surface area contributed by atoms with E-state index in [-0.39, 0.29) is 12.2 Å². The number of carbonyl (C=O) groups is 1. The van der Waals surface area contributed by atoms with Crippen molar-refractivity contribution in [2.24, 2.45) is 0 Å². The predicted molar refractivity (Wildman–Crippen MR) is 106 cm³/mol. The molecule has 3 atom stereocenters. The van der Waals surface area contributed by atoms with Crippen LogP contribution in [-0.4, -0.2) is 77.3 Å². The van der Waals surface area contributed by atoms with Gasteiger partial charge < -0.3 is 4.90 Å². The van der Waals surface area contributed by atoms with Gasteiger partial charge in [-0.2, -0.15) is 5.01 Å². The number of rotatable bonds is 5. The van der Waals surface area contributed by atoms with Crippen molar-refractivity contribution in [1.82, 2.24) is 19.8 Å². The number of piperazine rings is 1. The normalized spacial score (nSPS) is 29.3. The molecule has 3 saturated heterocycles. The lowest BCUT2D eigenvalue weighted by Gasteiger charge is -2.36. The molecule has 0 radical (unpaired) electrons. The van der Waals surface area contributed by atoms with E-state index in [0.717, 1.165) is 50.7 Å². The fourth-order valence-electron chi connectivity index (χ4n) is 4.38. The summed E-state index contributed by atoms with van der Waals surface area (Å²) in [4.78, 5) is 19.3. The van der Waals surface area contributed by atoms with Gasteiger partial charge in [0.05, 0.1) is 6.04 Å². The highest BCUT2D eigenvalue weighted by Crippen LogP contribution is 2.42. The molecule has 0 N–H and O–H groups in total. The molecule has 0 saturated carbocycles. The van der Waals surface area contributed by atoms with Crippen LogP contribution in [0.15, 0.2) is 48.7 Å². The molecule has 1 aromatic carbocycles. The minimum atomic E-state index is 0.113. The Morgan fingerprint density at radius 2 is 1.93 bits per heavy atom. The third-order valence-corrected chi connectivity index (χ3v) is 6.09. The Hall–Kier alpha value is -2.02. The fraction of sp³-hybridized carbons (Fsp3) is 0.450. The molecule has 0 aliphatic carbocycles. The third-order valence-electron chi connectivity index (χ3n) is 5.85. The predicted octanol–water partition coefficient (Wildman–Crippen LogP) is 2.60. The van der Waals surface area contributed by atoms with E-state index >= 15 is 0 Å². The summed E-state index contributed by atoms with van der Waals surface area (Å²) in [6, 6.07) is 8.56. The highest BCUT2D eigenvalue weighted by Gasteiger charge is 2.62. The lowest BCUT2D eigenvalue weighted by atomic mass is 10.2. The number of hydrazine groups is 1. The van der Waals surface area contributed by atoms with E-state index in [9.17, 15) is 4.79 Å². The van der Waals surface area contributed by atoms with E-state index in [2.05, 4.69) is 27.0 Å². The van der Waals surface area contributed by atoms with Gasteiger partial charge in [-0.1, -0.05) is 29.8 Å². The van der Waals surface area contributed by atoms with Crippen LogP contribution >= 0.6 is 11.6 Å². The molecule has 27 heavy (non-hydrogen) atoms. The van der Waals surface area contributed by atoms with Gasteiger partial charge in [-0.15, -0.1) is 0 Å². The molecule has 5 rings (SSSR count). The number of carbonyl (C=O) groups excluding carboxylic acids is 1. The van der Waals surface area contributed by atoms with Crippen molar-refractivity contribution in [1.29, 1.82) is 0 Å². The van der Waals surface area contributed by atoms with Gasteiger partial charge in [-0.25, -0.2) is 4.79 Å². The summed E-state index contributed by atoms with van der Waals surface area (Å²) in [7, 11) is 0. The average molecular weight is 386 g/mol. The van der Waals surface area contributed by atoms with Crippen molar-refractivity contribution < 1.29 is 4.79 Å². The molecular formula is C20H24ClN5O. The van der Waals surface area contributed by atoms with Crippen LogP contribution in [0.5, 0.6) is 0 Å². The number of benzene rings is 1. The van der Waals surface area contributed by atoms with Crippen molar-refractivity contribution in [2.75, 3.05) is 44.2 Å². The molecule has 3 fully saturated rings. The quantitative estimate of drug-likeness (QED) is 0.729. The van der Waals surface area contributed by atoms with Crippen LogP contribution in [0.4, 0.5) is 10.5 Å². The Labute approximate surface area is 164 Å². The number of urea groups is 1. The van der Waals surface area contributed by atoms with E-state index in [4.69, 9.17) is 11.6 Å². The molecule has 4 heterocycles. The summed E-state index contributed by atoms with van der Waals surface area (Å²) in [5, 5.41) is 4.91. The molecule has 0 aromatic heterocycles. The third kappa shape index (κ3) is 3.12. The minimum absolute atomic E-state index is 0.113. The van der Waals surface area contributed by atoms with Crippen LogP contribution in [0.25, 0.3) is 0 Å². The number of halogens is 1. The number of hydrogen-bond donors (Lipinski definition) is 0. The van der Waals surface area contributed by atoms with Crippen LogP contribution in [0.3, 0.4) is 0 Å². The Kier molecular flexibility index (Phi) is 4.34. The molecule has 0 bridgehead atoms. The maximum absolute atomic E-state index is 12.5. The van der Waals surface area contributed by atoms with E-state index in [1.54, 1.807) is 0 Å². The first-order valence-corrected chi connectivity index (χ1v) is 10.1. The molecule has 7 heteroatoms. The summed E-state index contributed by atoms with van der Waals surface area (Å²) in [5.74, 6) is 0. The smallest absolute Gasteiger partial charge is 0.340 e. The maximum atomic E-state index is 12.5. The number of hydrogen-bond acceptors (Lipinski definition) is 4. The Bertz CT molecular complexity index is 788. The monoisotopic (exact) mass is 385 g/mol. The number of fused-ring (bicyclic) bond motifs is 1. The molecule has 142 valence electrons. The van der Waals surface area contributed by atoms with Crippen LogP contribution < -0.4 is 4.90 Å². The molecular weight excluding hydrogens is 362 g/mol. The van der Waals surface area contributed by atoms with Gasteiger partial charge in [0.15, 0.2) is 0 Å². The minimum Gasteiger partial charge on any atom is -0.369 e. The topological polar surface area (TPSA) is 33.0 Å². The maximum Gasteiger partial charge on any atom is 0.340 e. The van der Waals surface area contributed by atoms with Crippen LogP contribution in [-0.2, 0) is 0 Å². The second-order valence-corrected chi connectivity index (χ2v) is 7.92. The van der Waals surface area contributed by atoms with Gasteiger partial charge in [0.1, 0.15) is 6.17 Å². The Balaban J connectivity index is 1.10. The van der Waals surface area contributed by atoms with Crippen molar-refractivity contribution >= 4 is 23.3 Å². The molecule has 6 nitrogen and oxygen atoms in total. The van der Waals surface area contributed by atoms with Crippen LogP contribution in [0, 0.1) is 0 Å². The second kappa shape index (κ2) is 6.86. The lowest BCUT2D eigenvalue weighted by molar-refractivity contribution is 0.120. The summed E-state index contributed by atoms with van der Waals surface area (Å²) >= 11 is 6.11. The summed E-state index contributed by atoms with van der Waals surface area (Å²) < 4.78 is 0. The molecule has 1 aromatic rings. The van der Waals surface area contributed by atoms with E-state index < -0.39 is 0 Å².